The summed E-state index contributed by atoms with van der Waals surface area (Å²) in [6.45, 7) is 9.70. The Morgan fingerprint density at radius 3 is 1.89 bits per heavy atom. The van der Waals surface area contributed by atoms with Gasteiger partial charge in [0.15, 0.2) is 0 Å². The number of amides is 2. The molecule has 2 amide bonds. The van der Waals surface area contributed by atoms with Crippen LogP contribution in [0.1, 0.15) is 54.4 Å². The molecule has 9 nitrogen and oxygen atoms in total. The SMILES string of the molecule is CC(C)(C)OC(=O)CC[C@H](NC(=O)CNC(=O)CN)C(=O)OC(C)(C)C.Cl. The second kappa shape index (κ2) is 11.8. The van der Waals surface area contributed by atoms with Gasteiger partial charge in [-0.05, 0) is 48.0 Å². The molecule has 0 aromatic heterocycles. The van der Waals surface area contributed by atoms with Crippen LogP contribution < -0.4 is 16.4 Å². The van der Waals surface area contributed by atoms with Crippen LogP contribution in [0.3, 0.4) is 0 Å². The lowest BCUT2D eigenvalue weighted by Crippen LogP contribution is -2.48. The molecule has 27 heavy (non-hydrogen) atoms. The molecule has 0 aromatic rings. The third kappa shape index (κ3) is 14.9. The summed E-state index contributed by atoms with van der Waals surface area (Å²) in [5.74, 6) is -2.24. The van der Waals surface area contributed by atoms with E-state index in [4.69, 9.17) is 15.2 Å². The molecule has 0 aliphatic heterocycles. The summed E-state index contributed by atoms with van der Waals surface area (Å²) in [5.41, 5.74) is 3.74. The maximum absolute atomic E-state index is 12.3. The Kier molecular flexibility index (Phi) is 11.9. The minimum Gasteiger partial charge on any atom is -0.460 e. The molecule has 10 heteroatoms. The second-order valence-electron chi connectivity index (χ2n) is 7.76. The Balaban J connectivity index is 0. The molecule has 0 radical (unpaired) electrons. The summed E-state index contributed by atoms with van der Waals surface area (Å²) < 4.78 is 10.5. The quantitative estimate of drug-likeness (QED) is 0.494. The molecule has 0 aliphatic rings. The fourth-order valence-electron chi connectivity index (χ4n) is 1.77. The summed E-state index contributed by atoms with van der Waals surface area (Å²) in [7, 11) is 0. The van der Waals surface area contributed by atoms with E-state index in [-0.39, 0.29) is 38.3 Å². The topological polar surface area (TPSA) is 137 Å². The highest BCUT2D eigenvalue weighted by Gasteiger charge is 2.28. The van der Waals surface area contributed by atoms with Crippen molar-refractivity contribution in [1.29, 1.82) is 0 Å². The highest BCUT2D eigenvalue weighted by atomic mass is 35.5. The molecule has 0 bridgehead atoms. The van der Waals surface area contributed by atoms with E-state index in [0.29, 0.717) is 0 Å². The Hall–Kier alpha value is -1.87. The van der Waals surface area contributed by atoms with Gasteiger partial charge < -0.3 is 25.8 Å². The molecular formula is C17H32ClN3O6. The van der Waals surface area contributed by atoms with E-state index in [2.05, 4.69) is 10.6 Å². The number of hydrogen-bond acceptors (Lipinski definition) is 7. The molecule has 0 fully saturated rings. The molecule has 0 aromatic carbocycles. The molecule has 0 heterocycles. The minimum absolute atomic E-state index is 0. The first kappa shape index (κ1) is 27.3. The summed E-state index contributed by atoms with van der Waals surface area (Å²) in [6, 6.07) is -1.04. The first-order valence-corrected chi connectivity index (χ1v) is 8.44. The van der Waals surface area contributed by atoms with Gasteiger partial charge in [-0.3, -0.25) is 14.4 Å². The van der Waals surface area contributed by atoms with E-state index < -0.39 is 41.0 Å². The average Bonchev–Trinajstić information content (AvgIpc) is 2.45. The standard InChI is InChI=1S/C17H31N3O6.ClH/c1-16(2,3)25-14(23)8-7-11(15(24)26-17(4,5)6)20-13(22)10-19-12(21)9-18;/h11H,7-10,18H2,1-6H3,(H,19,21)(H,20,22);1H/t11-;/m0./s1. The van der Waals surface area contributed by atoms with Crippen LogP contribution in [0.15, 0.2) is 0 Å². The number of esters is 2. The van der Waals surface area contributed by atoms with Crippen LogP contribution in [-0.2, 0) is 28.7 Å². The zero-order valence-corrected chi connectivity index (χ0v) is 17.7. The van der Waals surface area contributed by atoms with Crippen molar-refractivity contribution in [3.8, 4) is 0 Å². The van der Waals surface area contributed by atoms with Crippen molar-refractivity contribution in [2.24, 2.45) is 5.73 Å². The van der Waals surface area contributed by atoms with Crippen LogP contribution in [-0.4, -0.2) is 54.1 Å². The number of rotatable bonds is 8. The van der Waals surface area contributed by atoms with Crippen molar-refractivity contribution in [3.05, 3.63) is 0 Å². The van der Waals surface area contributed by atoms with Crippen molar-refractivity contribution in [2.75, 3.05) is 13.1 Å². The zero-order chi connectivity index (χ0) is 20.5. The van der Waals surface area contributed by atoms with Crippen LogP contribution in [0.2, 0.25) is 0 Å². The smallest absolute Gasteiger partial charge is 0.329 e. The van der Waals surface area contributed by atoms with Crippen LogP contribution in [0.5, 0.6) is 0 Å². The Labute approximate surface area is 166 Å². The number of halogens is 1. The molecule has 158 valence electrons. The second-order valence-corrected chi connectivity index (χ2v) is 7.76. The molecule has 0 unspecified atom stereocenters. The third-order valence-electron chi connectivity index (χ3n) is 2.72. The van der Waals surface area contributed by atoms with Crippen molar-refractivity contribution >= 4 is 36.2 Å². The van der Waals surface area contributed by atoms with Gasteiger partial charge in [0.2, 0.25) is 11.8 Å². The Bertz CT molecular complexity index is 526. The van der Waals surface area contributed by atoms with Gasteiger partial charge in [-0.15, -0.1) is 12.4 Å². The van der Waals surface area contributed by atoms with Gasteiger partial charge in [-0.25, -0.2) is 4.79 Å². The predicted octanol–water partition coefficient (Wildman–Crippen LogP) is 0.432. The lowest BCUT2D eigenvalue weighted by molar-refractivity contribution is -0.160. The number of carbonyl (C=O) groups excluding carboxylic acids is 4. The van der Waals surface area contributed by atoms with E-state index in [1.54, 1.807) is 41.5 Å². The van der Waals surface area contributed by atoms with E-state index in [1.165, 1.54) is 0 Å². The van der Waals surface area contributed by atoms with E-state index in [0.717, 1.165) is 0 Å². The monoisotopic (exact) mass is 409 g/mol. The molecule has 1 atom stereocenters. The van der Waals surface area contributed by atoms with Gasteiger partial charge in [-0.1, -0.05) is 0 Å². The predicted molar refractivity (Wildman–Crippen MR) is 102 cm³/mol. The van der Waals surface area contributed by atoms with E-state index in [1.807, 2.05) is 0 Å². The van der Waals surface area contributed by atoms with Crippen LogP contribution in [0.4, 0.5) is 0 Å². The molecule has 0 rings (SSSR count). The first-order valence-electron chi connectivity index (χ1n) is 8.44. The van der Waals surface area contributed by atoms with Crippen molar-refractivity contribution in [3.63, 3.8) is 0 Å². The summed E-state index contributed by atoms with van der Waals surface area (Å²) in [6.07, 6.45) is -0.0585. The molecular weight excluding hydrogens is 378 g/mol. The number of nitrogens with one attached hydrogen (secondary N) is 2. The van der Waals surface area contributed by atoms with Gasteiger partial charge in [0.25, 0.3) is 0 Å². The Morgan fingerprint density at radius 1 is 0.926 bits per heavy atom. The Morgan fingerprint density at radius 2 is 1.44 bits per heavy atom. The summed E-state index contributed by atoms with van der Waals surface area (Å²) in [4.78, 5) is 47.2. The minimum atomic E-state index is -1.04. The van der Waals surface area contributed by atoms with Crippen LogP contribution in [0, 0.1) is 0 Å². The van der Waals surface area contributed by atoms with E-state index in [9.17, 15) is 19.2 Å². The highest BCUT2D eigenvalue weighted by Crippen LogP contribution is 2.13. The molecule has 0 saturated carbocycles. The van der Waals surface area contributed by atoms with Crippen LogP contribution >= 0.6 is 12.4 Å². The van der Waals surface area contributed by atoms with Crippen molar-refractivity contribution in [2.45, 2.75) is 71.6 Å². The lowest BCUT2D eigenvalue weighted by Gasteiger charge is -2.25. The first-order chi connectivity index (χ1) is 11.7. The average molecular weight is 410 g/mol. The maximum Gasteiger partial charge on any atom is 0.329 e. The van der Waals surface area contributed by atoms with Gasteiger partial charge in [-0.2, -0.15) is 0 Å². The van der Waals surface area contributed by atoms with Crippen molar-refractivity contribution in [1.82, 2.24) is 10.6 Å². The zero-order valence-electron chi connectivity index (χ0n) is 16.8. The van der Waals surface area contributed by atoms with Gasteiger partial charge in [0.1, 0.15) is 17.2 Å². The molecule has 0 saturated heterocycles. The van der Waals surface area contributed by atoms with Crippen LogP contribution in [0.25, 0.3) is 0 Å². The maximum atomic E-state index is 12.3. The number of ether oxygens (including phenoxy) is 2. The van der Waals surface area contributed by atoms with E-state index >= 15 is 0 Å². The lowest BCUT2D eigenvalue weighted by atomic mass is 10.1. The molecule has 4 N–H and O–H groups in total. The fraction of sp³-hybridized carbons (Fsp3) is 0.765. The normalized spacial score (nSPS) is 12.3. The third-order valence-corrected chi connectivity index (χ3v) is 2.72. The highest BCUT2D eigenvalue weighted by molar-refractivity contribution is 5.89. The van der Waals surface area contributed by atoms with Gasteiger partial charge >= 0.3 is 11.9 Å². The summed E-state index contributed by atoms with van der Waals surface area (Å²) >= 11 is 0. The van der Waals surface area contributed by atoms with Gasteiger partial charge in [0, 0.05) is 6.42 Å². The number of carbonyl (C=O) groups is 4. The largest absolute Gasteiger partial charge is 0.460 e. The van der Waals surface area contributed by atoms with Gasteiger partial charge in [0.05, 0.1) is 13.1 Å². The number of hydrogen-bond donors (Lipinski definition) is 3. The fourth-order valence-corrected chi connectivity index (χ4v) is 1.77. The molecule has 0 aliphatic carbocycles. The molecule has 0 spiro atoms. The summed E-state index contributed by atoms with van der Waals surface area (Å²) in [5, 5.41) is 4.76. The van der Waals surface area contributed by atoms with Crippen molar-refractivity contribution < 1.29 is 28.7 Å². The number of nitrogens with two attached hydrogens (primary N) is 1.